The average molecular weight is 323 g/mol. The first kappa shape index (κ1) is 14.9. The molecule has 0 spiro atoms. The Balaban J connectivity index is 1.43. The highest BCUT2D eigenvalue weighted by Gasteiger charge is 2.24. The fourth-order valence-electron chi connectivity index (χ4n) is 2.89. The average Bonchev–Trinajstić information content (AvgIpc) is 3.25. The maximum atomic E-state index is 12.1. The van der Waals surface area contributed by atoms with Crippen molar-refractivity contribution in [3.05, 3.63) is 42.2 Å². The molecule has 124 valence electrons. The van der Waals surface area contributed by atoms with E-state index >= 15 is 0 Å². The SMILES string of the molecule is O=C(NC1CC1)c1ccnc(Nc2ccc(N3CCCC3)cc2)n1. The van der Waals surface area contributed by atoms with Gasteiger partial charge in [-0.1, -0.05) is 0 Å². The molecule has 1 aromatic carbocycles. The standard InChI is InChI=1S/C18H21N5O/c24-17(20-13-3-4-13)16-9-10-19-18(22-16)21-14-5-7-15(8-6-14)23-11-1-2-12-23/h5-10,13H,1-4,11-12H2,(H,20,24)(H,19,21,22). The molecule has 1 saturated carbocycles. The summed E-state index contributed by atoms with van der Waals surface area (Å²) in [6.45, 7) is 2.27. The molecule has 4 rings (SSSR count). The quantitative estimate of drug-likeness (QED) is 0.885. The Morgan fingerprint density at radius 3 is 2.54 bits per heavy atom. The second kappa shape index (κ2) is 6.47. The summed E-state index contributed by atoms with van der Waals surface area (Å²) in [5, 5.41) is 6.10. The summed E-state index contributed by atoms with van der Waals surface area (Å²) in [4.78, 5) is 23.0. The molecule has 0 unspecified atom stereocenters. The first-order chi connectivity index (χ1) is 11.8. The minimum atomic E-state index is -0.132. The van der Waals surface area contributed by atoms with Crippen molar-refractivity contribution in [3.8, 4) is 0 Å². The van der Waals surface area contributed by atoms with Crippen molar-refractivity contribution in [2.75, 3.05) is 23.3 Å². The van der Waals surface area contributed by atoms with Crippen LogP contribution in [-0.2, 0) is 0 Å². The second-order valence-electron chi connectivity index (χ2n) is 6.38. The lowest BCUT2D eigenvalue weighted by atomic mass is 10.2. The highest BCUT2D eigenvalue weighted by atomic mass is 16.2. The van der Waals surface area contributed by atoms with E-state index in [0.29, 0.717) is 17.7 Å². The molecule has 2 aliphatic rings. The molecule has 2 N–H and O–H groups in total. The van der Waals surface area contributed by atoms with Crippen molar-refractivity contribution < 1.29 is 4.79 Å². The van der Waals surface area contributed by atoms with E-state index in [-0.39, 0.29) is 5.91 Å². The van der Waals surface area contributed by atoms with Crippen LogP contribution >= 0.6 is 0 Å². The van der Waals surface area contributed by atoms with Crippen molar-refractivity contribution in [1.82, 2.24) is 15.3 Å². The zero-order valence-electron chi connectivity index (χ0n) is 13.5. The van der Waals surface area contributed by atoms with Crippen LogP contribution in [0.5, 0.6) is 0 Å². The van der Waals surface area contributed by atoms with E-state index in [9.17, 15) is 4.79 Å². The lowest BCUT2D eigenvalue weighted by molar-refractivity contribution is 0.0946. The predicted molar refractivity (Wildman–Crippen MR) is 93.7 cm³/mol. The van der Waals surface area contributed by atoms with E-state index in [1.165, 1.54) is 18.5 Å². The summed E-state index contributed by atoms with van der Waals surface area (Å²) >= 11 is 0. The van der Waals surface area contributed by atoms with Gasteiger partial charge in [0.15, 0.2) is 0 Å². The number of hydrogen-bond acceptors (Lipinski definition) is 5. The highest BCUT2D eigenvalue weighted by molar-refractivity contribution is 5.92. The van der Waals surface area contributed by atoms with Gasteiger partial charge in [-0.15, -0.1) is 0 Å². The summed E-state index contributed by atoms with van der Waals surface area (Å²) in [6, 6.07) is 10.2. The summed E-state index contributed by atoms with van der Waals surface area (Å²) < 4.78 is 0. The van der Waals surface area contributed by atoms with E-state index in [0.717, 1.165) is 31.6 Å². The molecular weight excluding hydrogens is 302 g/mol. The Hall–Kier alpha value is -2.63. The van der Waals surface area contributed by atoms with Crippen LogP contribution in [0.25, 0.3) is 0 Å². The predicted octanol–water partition coefficient (Wildman–Crippen LogP) is 2.71. The van der Waals surface area contributed by atoms with Gasteiger partial charge in [0.25, 0.3) is 5.91 Å². The van der Waals surface area contributed by atoms with Crippen LogP contribution in [0.2, 0.25) is 0 Å². The molecule has 2 heterocycles. The van der Waals surface area contributed by atoms with Gasteiger partial charge in [0, 0.05) is 36.7 Å². The minimum absolute atomic E-state index is 0.132. The topological polar surface area (TPSA) is 70.2 Å². The number of carbonyl (C=O) groups is 1. The van der Waals surface area contributed by atoms with E-state index in [4.69, 9.17) is 0 Å². The highest BCUT2D eigenvalue weighted by Crippen LogP contribution is 2.23. The smallest absolute Gasteiger partial charge is 0.270 e. The largest absolute Gasteiger partial charge is 0.372 e. The first-order valence-corrected chi connectivity index (χ1v) is 8.54. The summed E-state index contributed by atoms with van der Waals surface area (Å²) in [5.74, 6) is 0.305. The number of anilines is 3. The van der Waals surface area contributed by atoms with Gasteiger partial charge in [0.05, 0.1) is 0 Å². The Labute approximate surface area is 141 Å². The third-order valence-electron chi connectivity index (χ3n) is 4.40. The molecule has 6 nitrogen and oxygen atoms in total. The normalized spacial score (nSPS) is 16.9. The van der Waals surface area contributed by atoms with Gasteiger partial charge in [-0.2, -0.15) is 0 Å². The zero-order valence-corrected chi connectivity index (χ0v) is 13.5. The van der Waals surface area contributed by atoms with Crippen LogP contribution in [0.1, 0.15) is 36.2 Å². The van der Waals surface area contributed by atoms with Crippen molar-refractivity contribution in [1.29, 1.82) is 0 Å². The van der Waals surface area contributed by atoms with Crippen LogP contribution in [0.15, 0.2) is 36.5 Å². The molecule has 0 atom stereocenters. The van der Waals surface area contributed by atoms with E-state index in [1.54, 1.807) is 12.3 Å². The molecule has 2 aromatic rings. The molecule has 1 saturated heterocycles. The number of benzene rings is 1. The lowest BCUT2D eigenvalue weighted by Crippen LogP contribution is -2.26. The number of aromatic nitrogens is 2. The van der Waals surface area contributed by atoms with Gasteiger partial charge >= 0.3 is 0 Å². The summed E-state index contributed by atoms with van der Waals surface area (Å²) in [5.41, 5.74) is 2.56. The van der Waals surface area contributed by atoms with Crippen LogP contribution in [0.3, 0.4) is 0 Å². The van der Waals surface area contributed by atoms with Gasteiger partial charge in [-0.05, 0) is 56.0 Å². The van der Waals surface area contributed by atoms with Crippen LogP contribution in [-0.4, -0.2) is 35.0 Å². The zero-order chi connectivity index (χ0) is 16.4. The van der Waals surface area contributed by atoms with Gasteiger partial charge in [-0.3, -0.25) is 4.79 Å². The molecule has 0 bridgehead atoms. The number of rotatable bonds is 5. The lowest BCUT2D eigenvalue weighted by Gasteiger charge is -2.17. The maximum absolute atomic E-state index is 12.1. The van der Waals surface area contributed by atoms with Crippen molar-refractivity contribution >= 4 is 23.2 Å². The molecule has 1 amide bonds. The molecule has 1 aliphatic heterocycles. The maximum Gasteiger partial charge on any atom is 0.270 e. The summed E-state index contributed by atoms with van der Waals surface area (Å²) in [7, 11) is 0. The number of hydrogen-bond donors (Lipinski definition) is 2. The van der Waals surface area contributed by atoms with E-state index < -0.39 is 0 Å². The molecule has 2 fully saturated rings. The number of nitrogens with zero attached hydrogens (tertiary/aromatic N) is 3. The van der Waals surface area contributed by atoms with Crippen LogP contribution < -0.4 is 15.5 Å². The number of amides is 1. The Morgan fingerprint density at radius 1 is 1.08 bits per heavy atom. The van der Waals surface area contributed by atoms with Crippen LogP contribution in [0, 0.1) is 0 Å². The monoisotopic (exact) mass is 323 g/mol. The second-order valence-corrected chi connectivity index (χ2v) is 6.38. The number of carbonyl (C=O) groups excluding carboxylic acids is 1. The van der Waals surface area contributed by atoms with Gasteiger partial charge in [0.2, 0.25) is 5.95 Å². The molecule has 1 aliphatic carbocycles. The van der Waals surface area contributed by atoms with Gasteiger partial charge < -0.3 is 15.5 Å². The first-order valence-electron chi connectivity index (χ1n) is 8.54. The van der Waals surface area contributed by atoms with Crippen LogP contribution in [0.4, 0.5) is 17.3 Å². The number of nitrogens with one attached hydrogen (secondary N) is 2. The van der Waals surface area contributed by atoms with E-state index in [1.807, 2.05) is 12.1 Å². The van der Waals surface area contributed by atoms with Gasteiger partial charge in [-0.25, -0.2) is 9.97 Å². The summed E-state index contributed by atoms with van der Waals surface area (Å²) in [6.07, 6.45) is 6.26. The van der Waals surface area contributed by atoms with Crippen molar-refractivity contribution in [2.24, 2.45) is 0 Å². The molecule has 0 radical (unpaired) electrons. The molecule has 6 heteroatoms. The Kier molecular flexibility index (Phi) is 4.02. The fourth-order valence-corrected chi connectivity index (χ4v) is 2.89. The molecular formula is C18H21N5O. The van der Waals surface area contributed by atoms with Gasteiger partial charge in [0.1, 0.15) is 5.69 Å². The molecule has 24 heavy (non-hydrogen) atoms. The Morgan fingerprint density at radius 2 is 1.83 bits per heavy atom. The van der Waals surface area contributed by atoms with Crippen molar-refractivity contribution in [3.63, 3.8) is 0 Å². The van der Waals surface area contributed by atoms with E-state index in [2.05, 4.69) is 37.6 Å². The third-order valence-corrected chi connectivity index (χ3v) is 4.40. The van der Waals surface area contributed by atoms with Crippen molar-refractivity contribution in [2.45, 2.75) is 31.7 Å². The third kappa shape index (κ3) is 3.48. The minimum Gasteiger partial charge on any atom is -0.372 e. The Bertz CT molecular complexity index is 720. The fraction of sp³-hybridized carbons (Fsp3) is 0.389. The molecule has 1 aromatic heterocycles.